The molecular formula is C13H17N3O. The Labute approximate surface area is 102 Å². The van der Waals surface area contributed by atoms with Gasteiger partial charge in [-0.1, -0.05) is 0 Å². The van der Waals surface area contributed by atoms with E-state index < -0.39 is 0 Å². The largest absolute Gasteiger partial charge is 0.376 e. The number of hydrogen-bond acceptors (Lipinski definition) is 4. The van der Waals surface area contributed by atoms with Crippen molar-refractivity contribution in [3.63, 3.8) is 0 Å². The Morgan fingerprint density at radius 3 is 3.06 bits per heavy atom. The van der Waals surface area contributed by atoms with Crippen molar-refractivity contribution in [2.75, 3.05) is 11.9 Å². The molecule has 0 spiro atoms. The zero-order valence-corrected chi connectivity index (χ0v) is 10.2. The van der Waals surface area contributed by atoms with E-state index in [0.29, 0.717) is 5.56 Å². The van der Waals surface area contributed by atoms with E-state index in [-0.39, 0.29) is 12.1 Å². The quantitative estimate of drug-likeness (QED) is 0.866. The van der Waals surface area contributed by atoms with Crippen molar-refractivity contribution in [1.82, 2.24) is 4.98 Å². The van der Waals surface area contributed by atoms with Crippen molar-refractivity contribution in [2.24, 2.45) is 0 Å². The Morgan fingerprint density at radius 1 is 1.59 bits per heavy atom. The molecule has 1 aliphatic rings. The average molecular weight is 231 g/mol. The molecule has 4 nitrogen and oxygen atoms in total. The number of rotatable bonds is 3. The van der Waals surface area contributed by atoms with Crippen LogP contribution in [0.3, 0.4) is 0 Å². The first kappa shape index (κ1) is 11.9. The topological polar surface area (TPSA) is 57.9 Å². The van der Waals surface area contributed by atoms with Crippen LogP contribution in [0.5, 0.6) is 0 Å². The summed E-state index contributed by atoms with van der Waals surface area (Å²) in [6.07, 6.45) is 2.47. The van der Waals surface area contributed by atoms with Gasteiger partial charge in [0.1, 0.15) is 5.82 Å². The zero-order valence-electron chi connectivity index (χ0n) is 10.2. The fourth-order valence-electron chi connectivity index (χ4n) is 2.13. The Hall–Kier alpha value is -1.60. The van der Waals surface area contributed by atoms with Crippen molar-refractivity contribution in [3.05, 3.63) is 23.4 Å². The molecule has 2 unspecified atom stereocenters. The molecule has 4 heteroatoms. The van der Waals surface area contributed by atoms with E-state index in [2.05, 4.69) is 23.3 Å². The normalized spacial score (nSPS) is 20.9. The van der Waals surface area contributed by atoms with Gasteiger partial charge in [-0.25, -0.2) is 4.98 Å². The summed E-state index contributed by atoms with van der Waals surface area (Å²) >= 11 is 0. The molecule has 0 amide bonds. The molecule has 17 heavy (non-hydrogen) atoms. The minimum absolute atomic E-state index is 0.221. The summed E-state index contributed by atoms with van der Waals surface area (Å²) in [5.41, 5.74) is 1.49. The van der Waals surface area contributed by atoms with E-state index in [0.717, 1.165) is 31.0 Å². The van der Waals surface area contributed by atoms with Crippen molar-refractivity contribution < 1.29 is 4.74 Å². The molecule has 1 fully saturated rings. The molecule has 1 saturated heterocycles. The monoisotopic (exact) mass is 231 g/mol. The lowest BCUT2D eigenvalue weighted by Crippen LogP contribution is -2.30. The van der Waals surface area contributed by atoms with E-state index in [9.17, 15) is 0 Å². The number of aryl methyl sites for hydroxylation is 1. The van der Waals surface area contributed by atoms with Crippen LogP contribution in [-0.2, 0) is 4.74 Å². The maximum Gasteiger partial charge on any atom is 0.127 e. The molecule has 0 radical (unpaired) electrons. The Kier molecular flexibility index (Phi) is 3.60. The third-order valence-electron chi connectivity index (χ3n) is 2.98. The smallest absolute Gasteiger partial charge is 0.127 e. The van der Waals surface area contributed by atoms with E-state index in [1.54, 1.807) is 12.1 Å². The highest BCUT2D eigenvalue weighted by Crippen LogP contribution is 2.19. The van der Waals surface area contributed by atoms with Gasteiger partial charge in [0.05, 0.1) is 23.8 Å². The predicted octanol–water partition coefficient (Wildman–Crippen LogP) is 2.24. The minimum atomic E-state index is 0.221. The molecule has 0 saturated carbocycles. The number of pyridine rings is 1. The SMILES string of the molecule is Cc1cc(C#N)cc(NC(C)C2CCCO2)n1. The van der Waals surface area contributed by atoms with Crippen LogP contribution in [0.2, 0.25) is 0 Å². The van der Waals surface area contributed by atoms with Crippen LogP contribution in [0.1, 0.15) is 31.0 Å². The van der Waals surface area contributed by atoms with E-state index in [1.165, 1.54) is 0 Å². The van der Waals surface area contributed by atoms with Gasteiger partial charge in [0.15, 0.2) is 0 Å². The molecule has 1 aliphatic heterocycles. The highest BCUT2D eigenvalue weighted by atomic mass is 16.5. The van der Waals surface area contributed by atoms with Gasteiger partial charge in [-0.15, -0.1) is 0 Å². The third kappa shape index (κ3) is 2.95. The van der Waals surface area contributed by atoms with E-state index in [4.69, 9.17) is 10.00 Å². The number of hydrogen-bond donors (Lipinski definition) is 1. The number of anilines is 1. The van der Waals surface area contributed by atoms with Gasteiger partial charge < -0.3 is 10.1 Å². The Bertz CT molecular complexity index is 433. The lowest BCUT2D eigenvalue weighted by molar-refractivity contribution is 0.0995. The maximum absolute atomic E-state index is 8.90. The molecule has 0 aliphatic carbocycles. The first-order valence-electron chi connectivity index (χ1n) is 5.96. The van der Waals surface area contributed by atoms with Gasteiger partial charge in [0.25, 0.3) is 0 Å². The summed E-state index contributed by atoms with van der Waals surface area (Å²) in [6.45, 7) is 4.83. The highest BCUT2D eigenvalue weighted by Gasteiger charge is 2.22. The number of nitriles is 1. The van der Waals surface area contributed by atoms with E-state index >= 15 is 0 Å². The van der Waals surface area contributed by atoms with Crippen molar-refractivity contribution in [2.45, 2.75) is 38.8 Å². The van der Waals surface area contributed by atoms with Crippen LogP contribution >= 0.6 is 0 Å². The van der Waals surface area contributed by atoms with Crippen LogP contribution in [-0.4, -0.2) is 23.7 Å². The lowest BCUT2D eigenvalue weighted by atomic mass is 10.1. The second-order valence-corrected chi connectivity index (χ2v) is 4.48. The molecular weight excluding hydrogens is 214 g/mol. The first-order chi connectivity index (χ1) is 8.19. The Balaban J connectivity index is 2.07. The summed E-state index contributed by atoms with van der Waals surface area (Å²) in [7, 11) is 0. The molecule has 1 aromatic rings. The second-order valence-electron chi connectivity index (χ2n) is 4.48. The number of ether oxygens (including phenoxy) is 1. The summed E-state index contributed by atoms with van der Waals surface area (Å²) in [6, 6.07) is 5.92. The molecule has 1 aromatic heterocycles. The van der Waals surface area contributed by atoms with Crippen LogP contribution in [0.4, 0.5) is 5.82 Å². The maximum atomic E-state index is 8.90. The second kappa shape index (κ2) is 5.15. The summed E-state index contributed by atoms with van der Waals surface area (Å²) < 4.78 is 5.62. The average Bonchev–Trinajstić information content (AvgIpc) is 2.81. The lowest BCUT2D eigenvalue weighted by Gasteiger charge is -2.20. The molecule has 1 N–H and O–H groups in total. The number of nitrogens with zero attached hydrogens (tertiary/aromatic N) is 2. The minimum Gasteiger partial charge on any atom is -0.376 e. The fraction of sp³-hybridized carbons (Fsp3) is 0.538. The molecule has 2 heterocycles. The molecule has 2 atom stereocenters. The molecule has 90 valence electrons. The summed E-state index contributed by atoms with van der Waals surface area (Å²) in [5.74, 6) is 0.754. The van der Waals surface area contributed by atoms with Gasteiger partial charge in [0, 0.05) is 12.3 Å². The summed E-state index contributed by atoms with van der Waals surface area (Å²) in [4.78, 5) is 4.38. The van der Waals surface area contributed by atoms with Gasteiger partial charge in [-0.05, 0) is 38.8 Å². The molecule has 2 rings (SSSR count). The fourth-order valence-corrected chi connectivity index (χ4v) is 2.13. The van der Waals surface area contributed by atoms with Crippen LogP contribution in [0, 0.1) is 18.3 Å². The first-order valence-corrected chi connectivity index (χ1v) is 5.96. The Morgan fingerprint density at radius 2 is 2.41 bits per heavy atom. The molecule has 0 bridgehead atoms. The summed E-state index contributed by atoms with van der Waals surface area (Å²) in [5, 5.41) is 12.2. The number of nitrogens with one attached hydrogen (secondary N) is 1. The third-order valence-corrected chi connectivity index (χ3v) is 2.98. The predicted molar refractivity (Wildman–Crippen MR) is 65.7 cm³/mol. The standard InChI is InChI=1S/C13H17N3O/c1-9-6-11(8-14)7-13(15-9)16-10(2)12-4-3-5-17-12/h6-7,10,12H,3-5H2,1-2H3,(H,15,16). The van der Waals surface area contributed by atoms with Crippen molar-refractivity contribution in [3.8, 4) is 6.07 Å². The van der Waals surface area contributed by atoms with Crippen molar-refractivity contribution in [1.29, 1.82) is 5.26 Å². The van der Waals surface area contributed by atoms with Crippen molar-refractivity contribution >= 4 is 5.82 Å². The van der Waals surface area contributed by atoms with Crippen LogP contribution in [0.25, 0.3) is 0 Å². The van der Waals surface area contributed by atoms with Gasteiger partial charge in [-0.2, -0.15) is 5.26 Å². The van der Waals surface area contributed by atoms with Crippen LogP contribution < -0.4 is 5.32 Å². The van der Waals surface area contributed by atoms with E-state index in [1.807, 2.05) is 6.92 Å². The highest BCUT2D eigenvalue weighted by molar-refractivity contribution is 5.45. The zero-order chi connectivity index (χ0) is 12.3. The molecule has 0 aromatic carbocycles. The van der Waals surface area contributed by atoms with Crippen LogP contribution in [0.15, 0.2) is 12.1 Å². The van der Waals surface area contributed by atoms with Gasteiger partial charge >= 0.3 is 0 Å². The van der Waals surface area contributed by atoms with Gasteiger partial charge in [0.2, 0.25) is 0 Å². The van der Waals surface area contributed by atoms with Gasteiger partial charge in [-0.3, -0.25) is 0 Å². The number of aromatic nitrogens is 1.